The van der Waals surface area contributed by atoms with Crippen molar-refractivity contribution >= 4 is 5.82 Å². The van der Waals surface area contributed by atoms with E-state index in [4.69, 9.17) is 4.74 Å². The van der Waals surface area contributed by atoms with Gasteiger partial charge in [-0.05, 0) is 45.8 Å². The number of nitrogens with zero attached hydrogens (tertiary/aromatic N) is 3. The van der Waals surface area contributed by atoms with Crippen LogP contribution in [0.15, 0.2) is 6.33 Å². The van der Waals surface area contributed by atoms with Crippen molar-refractivity contribution in [3.8, 4) is 5.88 Å². The van der Waals surface area contributed by atoms with Gasteiger partial charge in [-0.15, -0.1) is 0 Å². The van der Waals surface area contributed by atoms with Crippen LogP contribution >= 0.6 is 0 Å². The smallest absolute Gasteiger partial charge is 0.221 e. The molecule has 0 unspecified atom stereocenters. The maximum Gasteiger partial charge on any atom is 0.221 e. The molecule has 0 spiro atoms. The number of rotatable bonds is 6. The van der Waals surface area contributed by atoms with Crippen molar-refractivity contribution in [1.82, 2.24) is 14.9 Å². The lowest BCUT2D eigenvalue weighted by atomic mass is 10.3. The molecule has 0 aromatic carbocycles. The number of anilines is 1. The predicted octanol–water partition coefficient (Wildman–Crippen LogP) is 1.69. The van der Waals surface area contributed by atoms with E-state index < -0.39 is 0 Å². The van der Waals surface area contributed by atoms with Gasteiger partial charge in [0.15, 0.2) is 0 Å². The molecule has 1 aromatic rings. The fourth-order valence-corrected chi connectivity index (χ4v) is 2.33. The predicted molar refractivity (Wildman–Crippen MR) is 72.1 cm³/mol. The van der Waals surface area contributed by atoms with Gasteiger partial charge in [0, 0.05) is 6.54 Å². The first-order chi connectivity index (χ1) is 8.81. The zero-order valence-electron chi connectivity index (χ0n) is 11.3. The molecule has 1 aliphatic heterocycles. The zero-order valence-corrected chi connectivity index (χ0v) is 11.3. The van der Waals surface area contributed by atoms with Gasteiger partial charge in [-0.3, -0.25) is 0 Å². The molecule has 5 nitrogen and oxygen atoms in total. The van der Waals surface area contributed by atoms with Crippen LogP contribution in [0.3, 0.4) is 0 Å². The van der Waals surface area contributed by atoms with Crippen LogP contribution in [0.5, 0.6) is 5.88 Å². The van der Waals surface area contributed by atoms with Gasteiger partial charge in [0.25, 0.3) is 0 Å². The maximum atomic E-state index is 5.17. The van der Waals surface area contributed by atoms with Crippen LogP contribution in [0, 0.1) is 6.92 Å². The lowest BCUT2D eigenvalue weighted by Crippen LogP contribution is -2.22. The third-order valence-corrected chi connectivity index (χ3v) is 3.37. The van der Waals surface area contributed by atoms with Crippen LogP contribution in [-0.2, 0) is 0 Å². The summed E-state index contributed by atoms with van der Waals surface area (Å²) in [5.74, 6) is 1.52. The average Bonchev–Trinajstić information content (AvgIpc) is 2.89. The molecule has 1 aliphatic rings. The molecule has 1 fully saturated rings. The lowest BCUT2D eigenvalue weighted by molar-refractivity contribution is 0.337. The summed E-state index contributed by atoms with van der Waals surface area (Å²) in [6.45, 7) is 6.62. The molecule has 0 radical (unpaired) electrons. The van der Waals surface area contributed by atoms with E-state index in [0.717, 1.165) is 24.3 Å². The Morgan fingerprint density at radius 3 is 2.83 bits per heavy atom. The first-order valence-corrected chi connectivity index (χ1v) is 6.63. The Balaban J connectivity index is 1.75. The molecule has 5 heteroatoms. The van der Waals surface area contributed by atoms with E-state index in [-0.39, 0.29) is 0 Å². The molecule has 1 saturated heterocycles. The van der Waals surface area contributed by atoms with E-state index in [9.17, 15) is 0 Å². The third kappa shape index (κ3) is 3.32. The molecule has 100 valence electrons. The van der Waals surface area contributed by atoms with Crippen LogP contribution in [-0.4, -0.2) is 48.2 Å². The van der Waals surface area contributed by atoms with Crippen molar-refractivity contribution in [3.05, 3.63) is 11.9 Å². The summed E-state index contributed by atoms with van der Waals surface area (Å²) in [7, 11) is 1.63. The minimum absolute atomic E-state index is 0.645. The second kappa shape index (κ2) is 6.54. The number of nitrogens with one attached hydrogen (secondary N) is 1. The number of aromatic nitrogens is 2. The first-order valence-electron chi connectivity index (χ1n) is 6.63. The SMILES string of the molecule is COc1ncnc(NCCCN2CCCC2)c1C. The Kier molecular flexibility index (Phi) is 4.75. The second-order valence-electron chi connectivity index (χ2n) is 4.69. The summed E-state index contributed by atoms with van der Waals surface area (Å²) in [6.07, 6.45) is 5.39. The van der Waals surface area contributed by atoms with Crippen molar-refractivity contribution in [2.75, 3.05) is 38.6 Å². The standard InChI is InChI=1S/C13H22N4O/c1-11-12(15-10-16-13(11)18-2)14-6-5-9-17-7-3-4-8-17/h10H,3-9H2,1-2H3,(H,14,15,16). The molecule has 1 N–H and O–H groups in total. The van der Waals surface area contributed by atoms with E-state index in [1.54, 1.807) is 7.11 Å². The molecule has 2 heterocycles. The van der Waals surface area contributed by atoms with Crippen LogP contribution in [0.2, 0.25) is 0 Å². The van der Waals surface area contributed by atoms with Crippen molar-refractivity contribution in [3.63, 3.8) is 0 Å². The number of hydrogen-bond donors (Lipinski definition) is 1. The molecule has 0 aliphatic carbocycles. The summed E-state index contributed by atoms with van der Waals surface area (Å²) >= 11 is 0. The largest absolute Gasteiger partial charge is 0.481 e. The van der Waals surface area contributed by atoms with Gasteiger partial charge in [-0.1, -0.05) is 0 Å². The Morgan fingerprint density at radius 1 is 1.33 bits per heavy atom. The lowest BCUT2D eigenvalue weighted by Gasteiger charge is -2.15. The van der Waals surface area contributed by atoms with E-state index in [1.807, 2.05) is 6.92 Å². The number of hydrogen-bond acceptors (Lipinski definition) is 5. The Bertz CT molecular complexity index is 377. The van der Waals surface area contributed by atoms with Gasteiger partial charge in [0.05, 0.1) is 12.7 Å². The van der Waals surface area contributed by atoms with Crippen LogP contribution in [0.4, 0.5) is 5.82 Å². The monoisotopic (exact) mass is 250 g/mol. The quantitative estimate of drug-likeness (QED) is 0.779. The molecular formula is C13H22N4O. The Labute approximate surface area is 109 Å². The Morgan fingerprint density at radius 2 is 2.11 bits per heavy atom. The topological polar surface area (TPSA) is 50.3 Å². The maximum absolute atomic E-state index is 5.17. The van der Waals surface area contributed by atoms with Crippen molar-refractivity contribution in [2.24, 2.45) is 0 Å². The highest BCUT2D eigenvalue weighted by molar-refractivity contribution is 5.47. The van der Waals surface area contributed by atoms with Gasteiger partial charge in [0.1, 0.15) is 12.1 Å². The Hall–Kier alpha value is -1.36. The van der Waals surface area contributed by atoms with Crippen molar-refractivity contribution < 1.29 is 4.74 Å². The summed E-state index contributed by atoms with van der Waals surface area (Å²) < 4.78 is 5.17. The molecule has 2 rings (SSSR count). The zero-order chi connectivity index (χ0) is 12.8. The minimum atomic E-state index is 0.645. The molecule has 18 heavy (non-hydrogen) atoms. The molecule has 1 aromatic heterocycles. The van der Waals surface area contributed by atoms with Crippen LogP contribution in [0.1, 0.15) is 24.8 Å². The summed E-state index contributed by atoms with van der Waals surface area (Å²) in [6, 6.07) is 0. The van der Waals surface area contributed by atoms with Gasteiger partial charge < -0.3 is 15.0 Å². The number of methoxy groups -OCH3 is 1. The summed E-state index contributed by atoms with van der Waals surface area (Å²) in [4.78, 5) is 10.8. The normalized spacial score (nSPS) is 15.9. The number of ether oxygens (including phenoxy) is 1. The van der Waals surface area contributed by atoms with E-state index in [0.29, 0.717) is 5.88 Å². The molecule has 0 amide bonds. The van der Waals surface area contributed by atoms with Gasteiger partial charge in [-0.2, -0.15) is 0 Å². The summed E-state index contributed by atoms with van der Waals surface area (Å²) in [5, 5.41) is 3.35. The highest BCUT2D eigenvalue weighted by Gasteiger charge is 2.10. The number of likely N-dealkylation sites (tertiary alicyclic amines) is 1. The third-order valence-electron chi connectivity index (χ3n) is 3.37. The van der Waals surface area contributed by atoms with Crippen molar-refractivity contribution in [2.45, 2.75) is 26.2 Å². The molecular weight excluding hydrogens is 228 g/mol. The highest BCUT2D eigenvalue weighted by atomic mass is 16.5. The van der Waals surface area contributed by atoms with Gasteiger partial charge >= 0.3 is 0 Å². The fourth-order valence-electron chi connectivity index (χ4n) is 2.33. The molecule has 0 bridgehead atoms. The molecule has 0 atom stereocenters. The molecule has 0 saturated carbocycles. The van der Waals surface area contributed by atoms with Crippen LogP contribution < -0.4 is 10.1 Å². The summed E-state index contributed by atoms with van der Waals surface area (Å²) in [5.41, 5.74) is 0.973. The van der Waals surface area contributed by atoms with Gasteiger partial charge in [0.2, 0.25) is 5.88 Å². The van der Waals surface area contributed by atoms with Crippen LogP contribution in [0.25, 0.3) is 0 Å². The van der Waals surface area contributed by atoms with E-state index in [1.165, 1.54) is 38.8 Å². The van der Waals surface area contributed by atoms with Gasteiger partial charge in [-0.25, -0.2) is 9.97 Å². The second-order valence-corrected chi connectivity index (χ2v) is 4.69. The van der Waals surface area contributed by atoms with E-state index in [2.05, 4.69) is 20.2 Å². The minimum Gasteiger partial charge on any atom is -0.481 e. The average molecular weight is 250 g/mol. The first kappa shape index (κ1) is 13.1. The van der Waals surface area contributed by atoms with E-state index >= 15 is 0 Å². The fraction of sp³-hybridized carbons (Fsp3) is 0.692. The van der Waals surface area contributed by atoms with Crippen molar-refractivity contribution in [1.29, 1.82) is 0 Å². The highest BCUT2D eigenvalue weighted by Crippen LogP contribution is 2.19.